The van der Waals surface area contributed by atoms with Crippen molar-refractivity contribution in [2.75, 3.05) is 23.0 Å². The van der Waals surface area contributed by atoms with Crippen LogP contribution in [0.15, 0.2) is 6.20 Å². The zero-order valence-electron chi connectivity index (χ0n) is 10.6. The highest BCUT2D eigenvalue weighted by atomic mass is 32.2. The van der Waals surface area contributed by atoms with Crippen LogP contribution in [0.2, 0.25) is 0 Å². The molecule has 0 aliphatic carbocycles. The van der Waals surface area contributed by atoms with E-state index in [-0.39, 0.29) is 0 Å². The third-order valence-corrected chi connectivity index (χ3v) is 5.48. The van der Waals surface area contributed by atoms with E-state index in [4.69, 9.17) is 0 Å². The van der Waals surface area contributed by atoms with Crippen molar-refractivity contribution in [3.05, 3.63) is 17.5 Å². The Morgan fingerprint density at radius 2 is 2.12 bits per heavy atom. The lowest BCUT2D eigenvalue weighted by molar-refractivity contribution is 0.601. The molecule has 1 aliphatic heterocycles. The highest BCUT2D eigenvalue weighted by Gasteiger charge is 2.13. The quantitative estimate of drug-likeness (QED) is 0.909. The third kappa shape index (κ3) is 3.93. The molecule has 0 radical (unpaired) electrons. The molecule has 0 atom stereocenters. The molecule has 1 aliphatic rings. The van der Waals surface area contributed by atoms with E-state index in [2.05, 4.69) is 54.0 Å². The number of nitrogens with one attached hydrogen (secondary N) is 1. The van der Waals surface area contributed by atoms with E-state index in [1.54, 1.807) is 0 Å². The highest BCUT2D eigenvalue weighted by molar-refractivity contribution is 8.03. The molecule has 0 spiro atoms. The van der Waals surface area contributed by atoms with E-state index < -0.39 is 0 Å². The molecule has 0 amide bonds. The summed E-state index contributed by atoms with van der Waals surface area (Å²) in [5.41, 5.74) is 2.50. The molecule has 5 heteroatoms. The van der Waals surface area contributed by atoms with Crippen LogP contribution in [0.25, 0.3) is 0 Å². The van der Waals surface area contributed by atoms with Crippen LogP contribution in [0.3, 0.4) is 0 Å². The molecule has 96 valence electrons. The van der Waals surface area contributed by atoms with Crippen molar-refractivity contribution >= 4 is 23.5 Å². The third-order valence-electron chi connectivity index (χ3n) is 2.96. The molecule has 2 rings (SSSR count). The average Bonchev–Trinajstić information content (AvgIpc) is 2.55. The molecule has 1 aromatic heterocycles. The molecule has 1 aromatic rings. The van der Waals surface area contributed by atoms with E-state index in [1.165, 1.54) is 28.6 Å². The van der Waals surface area contributed by atoms with Crippen molar-refractivity contribution in [3.8, 4) is 0 Å². The first-order valence-electron chi connectivity index (χ1n) is 6.21. The van der Waals surface area contributed by atoms with Crippen molar-refractivity contribution in [1.82, 2.24) is 15.1 Å². The van der Waals surface area contributed by atoms with Gasteiger partial charge in [0.25, 0.3) is 0 Å². The summed E-state index contributed by atoms with van der Waals surface area (Å²) < 4.78 is 2.02. The Balaban J connectivity index is 1.85. The molecule has 2 heterocycles. The maximum atomic E-state index is 4.48. The summed E-state index contributed by atoms with van der Waals surface area (Å²) in [6.07, 6.45) is 2.17. The minimum Gasteiger partial charge on any atom is -0.308 e. The number of aryl methyl sites for hydroxylation is 2. The zero-order chi connectivity index (χ0) is 12.1. The minimum atomic E-state index is 0.650. The first-order valence-corrected chi connectivity index (χ1v) is 8.52. The Kier molecular flexibility index (Phi) is 5.25. The number of hydrogen-bond donors (Lipinski definition) is 1. The van der Waals surface area contributed by atoms with Gasteiger partial charge >= 0.3 is 0 Å². The first kappa shape index (κ1) is 13.3. The summed E-state index contributed by atoms with van der Waals surface area (Å²) in [4.78, 5) is 0. The van der Waals surface area contributed by atoms with Gasteiger partial charge in [-0.1, -0.05) is 0 Å². The second-order valence-corrected chi connectivity index (χ2v) is 6.62. The van der Waals surface area contributed by atoms with Crippen LogP contribution in [-0.2, 0) is 13.1 Å². The lowest BCUT2D eigenvalue weighted by atomic mass is 10.2. The molecule has 0 unspecified atom stereocenters. The lowest BCUT2D eigenvalue weighted by Crippen LogP contribution is -2.32. The van der Waals surface area contributed by atoms with Gasteiger partial charge in [-0.3, -0.25) is 4.68 Å². The molecule has 1 fully saturated rings. The van der Waals surface area contributed by atoms with Gasteiger partial charge < -0.3 is 5.32 Å². The van der Waals surface area contributed by atoms with Crippen LogP contribution in [0, 0.1) is 6.92 Å². The molecule has 0 bridgehead atoms. The number of thioether (sulfide) groups is 2. The predicted octanol–water partition coefficient (Wildman–Crippen LogP) is 2.15. The molecule has 1 N–H and O–H groups in total. The van der Waals surface area contributed by atoms with Crippen LogP contribution in [0.1, 0.15) is 18.2 Å². The number of aromatic nitrogens is 2. The van der Waals surface area contributed by atoms with Gasteiger partial charge in [-0.2, -0.15) is 28.6 Å². The first-order chi connectivity index (χ1) is 8.29. The van der Waals surface area contributed by atoms with Gasteiger partial charge in [0, 0.05) is 53.9 Å². The fraction of sp³-hybridized carbons (Fsp3) is 0.750. The average molecular weight is 271 g/mol. The van der Waals surface area contributed by atoms with Crippen LogP contribution >= 0.6 is 23.5 Å². The van der Waals surface area contributed by atoms with Gasteiger partial charge in [0.05, 0.1) is 5.69 Å². The van der Waals surface area contributed by atoms with E-state index in [9.17, 15) is 0 Å². The van der Waals surface area contributed by atoms with Crippen molar-refractivity contribution < 1.29 is 0 Å². The van der Waals surface area contributed by atoms with Crippen molar-refractivity contribution in [2.45, 2.75) is 33.0 Å². The highest BCUT2D eigenvalue weighted by Crippen LogP contribution is 2.17. The van der Waals surface area contributed by atoms with Gasteiger partial charge in [-0.15, -0.1) is 0 Å². The Hall–Kier alpha value is -0.130. The van der Waals surface area contributed by atoms with Crippen molar-refractivity contribution in [3.63, 3.8) is 0 Å². The topological polar surface area (TPSA) is 29.9 Å². The molecule has 3 nitrogen and oxygen atoms in total. The van der Waals surface area contributed by atoms with Crippen LogP contribution < -0.4 is 5.32 Å². The Bertz CT molecular complexity index is 344. The van der Waals surface area contributed by atoms with E-state index >= 15 is 0 Å². The zero-order valence-corrected chi connectivity index (χ0v) is 12.2. The molecular formula is C12H21N3S2. The SMILES string of the molecule is CCn1cc(CNC2CSCCSC2)c(C)n1. The van der Waals surface area contributed by atoms with Gasteiger partial charge in [0.1, 0.15) is 0 Å². The second kappa shape index (κ2) is 6.71. The van der Waals surface area contributed by atoms with Gasteiger partial charge in [-0.05, 0) is 13.8 Å². The molecule has 0 saturated carbocycles. The fourth-order valence-corrected chi connectivity index (χ4v) is 4.35. The fourth-order valence-electron chi connectivity index (χ4n) is 1.88. The maximum absolute atomic E-state index is 4.48. The summed E-state index contributed by atoms with van der Waals surface area (Å²) in [7, 11) is 0. The number of rotatable bonds is 4. The number of nitrogens with zero attached hydrogens (tertiary/aromatic N) is 2. The maximum Gasteiger partial charge on any atom is 0.0638 e. The smallest absolute Gasteiger partial charge is 0.0638 e. The molecule has 0 aromatic carbocycles. The van der Waals surface area contributed by atoms with Crippen LogP contribution in [0.5, 0.6) is 0 Å². The van der Waals surface area contributed by atoms with E-state index in [0.717, 1.165) is 18.8 Å². The molecule has 17 heavy (non-hydrogen) atoms. The van der Waals surface area contributed by atoms with Gasteiger partial charge in [0.2, 0.25) is 0 Å². The summed E-state index contributed by atoms with van der Waals surface area (Å²) >= 11 is 4.14. The summed E-state index contributed by atoms with van der Waals surface area (Å²) in [5.74, 6) is 5.09. The monoisotopic (exact) mass is 271 g/mol. The predicted molar refractivity (Wildman–Crippen MR) is 77.9 cm³/mol. The summed E-state index contributed by atoms with van der Waals surface area (Å²) in [6.45, 7) is 6.13. The normalized spacial score (nSPS) is 18.2. The lowest BCUT2D eigenvalue weighted by Gasteiger charge is -2.14. The second-order valence-electron chi connectivity index (χ2n) is 4.32. The molecule has 1 saturated heterocycles. The Labute approximate surface area is 112 Å². The summed E-state index contributed by atoms with van der Waals surface area (Å²) in [5, 5.41) is 8.14. The Morgan fingerprint density at radius 1 is 1.41 bits per heavy atom. The standard InChI is InChI=1S/C12H21N3S2/c1-3-15-7-11(10(2)14-15)6-13-12-8-16-4-5-17-9-12/h7,12-13H,3-6,8-9H2,1-2H3. The Morgan fingerprint density at radius 3 is 2.71 bits per heavy atom. The van der Waals surface area contributed by atoms with Gasteiger partial charge in [0.15, 0.2) is 0 Å². The van der Waals surface area contributed by atoms with E-state index in [1.807, 2.05) is 4.68 Å². The van der Waals surface area contributed by atoms with Crippen LogP contribution in [-0.4, -0.2) is 38.8 Å². The van der Waals surface area contributed by atoms with Crippen molar-refractivity contribution in [2.24, 2.45) is 0 Å². The van der Waals surface area contributed by atoms with Crippen molar-refractivity contribution in [1.29, 1.82) is 0 Å². The number of hydrogen-bond acceptors (Lipinski definition) is 4. The molecular weight excluding hydrogens is 250 g/mol. The van der Waals surface area contributed by atoms with Gasteiger partial charge in [-0.25, -0.2) is 0 Å². The van der Waals surface area contributed by atoms with Crippen LogP contribution in [0.4, 0.5) is 0 Å². The minimum absolute atomic E-state index is 0.650. The largest absolute Gasteiger partial charge is 0.308 e. The summed E-state index contributed by atoms with van der Waals surface area (Å²) in [6, 6.07) is 0.650. The van der Waals surface area contributed by atoms with E-state index in [0.29, 0.717) is 6.04 Å².